The van der Waals surface area contributed by atoms with Crippen molar-refractivity contribution < 1.29 is 32.7 Å². The van der Waals surface area contributed by atoms with Crippen LogP contribution in [0.5, 0.6) is 0 Å². The SMILES string of the molecule is Cn1cc(NC(=O)c2cc(NC(=O)c3cc(NC(=O)c4sc5cc(F)c(F)cc5c4Cl)cn3C)cn2C)cc1C(=O)NCCN1CCOCC1. The first kappa shape index (κ1) is 34.8. The molecule has 6 rings (SSSR count). The van der Waals surface area contributed by atoms with E-state index in [0.29, 0.717) is 48.1 Å². The average molecular weight is 727 g/mol. The number of carbonyl (C=O) groups is 4. The Hall–Kier alpha value is -5.03. The highest BCUT2D eigenvalue weighted by Crippen LogP contribution is 2.37. The van der Waals surface area contributed by atoms with Crippen LogP contribution in [0.25, 0.3) is 10.1 Å². The largest absolute Gasteiger partial charge is 0.379 e. The number of anilines is 3. The van der Waals surface area contributed by atoms with Crippen molar-refractivity contribution in [1.82, 2.24) is 23.9 Å². The van der Waals surface area contributed by atoms with Crippen molar-refractivity contribution in [3.05, 3.63) is 87.5 Å². The maximum absolute atomic E-state index is 13.7. The summed E-state index contributed by atoms with van der Waals surface area (Å²) in [6.45, 7) is 4.22. The van der Waals surface area contributed by atoms with E-state index in [4.69, 9.17) is 16.3 Å². The number of rotatable bonds is 10. The van der Waals surface area contributed by atoms with Gasteiger partial charge in [0.2, 0.25) is 0 Å². The van der Waals surface area contributed by atoms with E-state index in [0.717, 1.165) is 36.6 Å². The number of halogens is 3. The van der Waals surface area contributed by atoms with Crippen molar-refractivity contribution in [2.45, 2.75) is 0 Å². The molecule has 1 aliphatic heterocycles. The zero-order valence-corrected chi connectivity index (χ0v) is 28.8. The van der Waals surface area contributed by atoms with Gasteiger partial charge in [-0.15, -0.1) is 11.3 Å². The Labute approximate surface area is 293 Å². The highest BCUT2D eigenvalue weighted by molar-refractivity contribution is 7.21. The van der Waals surface area contributed by atoms with Crippen LogP contribution in [0.15, 0.2) is 48.9 Å². The second kappa shape index (κ2) is 14.4. The molecule has 262 valence electrons. The van der Waals surface area contributed by atoms with Crippen LogP contribution in [0.1, 0.15) is 41.1 Å². The molecular formula is C33H33ClF2N8O5S. The molecule has 1 aromatic carbocycles. The molecule has 1 fully saturated rings. The molecule has 0 spiro atoms. The lowest BCUT2D eigenvalue weighted by Crippen LogP contribution is -2.41. The molecule has 1 aliphatic rings. The van der Waals surface area contributed by atoms with Gasteiger partial charge in [-0.2, -0.15) is 0 Å². The molecule has 4 amide bonds. The number of benzene rings is 1. The standard InChI is InChI=1S/C33H33ClF2N8O5S/c1-41-15-18(10-24(41)30(45)37-4-5-44-6-8-49-9-7-44)38-31(46)25-11-19(16-42(25)2)39-32(47)26-12-20(17-43(26)3)40-33(48)29-28(34)21-13-22(35)23(36)14-27(21)50-29/h10-17H,4-9H2,1-3H3,(H,37,45)(H,38,46)(H,39,47)(H,40,48). The number of nitrogens with zero attached hydrogens (tertiary/aromatic N) is 4. The molecule has 50 heavy (non-hydrogen) atoms. The summed E-state index contributed by atoms with van der Waals surface area (Å²) in [5.74, 6) is -3.95. The van der Waals surface area contributed by atoms with E-state index in [1.165, 1.54) is 22.9 Å². The Morgan fingerprint density at radius 3 is 1.76 bits per heavy atom. The number of aromatic nitrogens is 3. The first-order chi connectivity index (χ1) is 23.9. The molecule has 13 nitrogen and oxygen atoms in total. The molecular weight excluding hydrogens is 694 g/mol. The molecule has 17 heteroatoms. The number of hydrogen-bond acceptors (Lipinski definition) is 7. The van der Waals surface area contributed by atoms with E-state index in [-0.39, 0.29) is 38.3 Å². The van der Waals surface area contributed by atoms with Gasteiger partial charge < -0.3 is 39.7 Å². The summed E-state index contributed by atoms with van der Waals surface area (Å²) in [5.41, 5.74) is 1.89. The second-order valence-electron chi connectivity index (χ2n) is 11.8. The highest BCUT2D eigenvalue weighted by Gasteiger charge is 2.22. The number of carbonyl (C=O) groups excluding carboxylic acids is 4. The van der Waals surface area contributed by atoms with Gasteiger partial charge in [-0.25, -0.2) is 8.78 Å². The summed E-state index contributed by atoms with van der Waals surface area (Å²) >= 11 is 7.22. The monoisotopic (exact) mass is 726 g/mol. The van der Waals surface area contributed by atoms with Crippen molar-refractivity contribution in [2.24, 2.45) is 21.1 Å². The van der Waals surface area contributed by atoms with Gasteiger partial charge in [0.05, 0.1) is 35.3 Å². The lowest BCUT2D eigenvalue weighted by molar-refractivity contribution is 0.0383. The number of aryl methyl sites for hydroxylation is 3. The lowest BCUT2D eigenvalue weighted by atomic mass is 10.2. The molecule has 4 N–H and O–H groups in total. The van der Waals surface area contributed by atoms with E-state index in [9.17, 15) is 28.0 Å². The topological polar surface area (TPSA) is 144 Å². The third kappa shape index (κ3) is 7.42. The fourth-order valence-corrected chi connectivity index (χ4v) is 7.02. The van der Waals surface area contributed by atoms with Crippen LogP contribution in [0, 0.1) is 11.6 Å². The molecule has 0 unspecified atom stereocenters. The van der Waals surface area contributed by atoms with Crippen molar-refractivity contribution in [2.75, 3.05) is 55.3 Å². The number of morpholine rings is 1. The maximum Gasteiger partial charge on any atom is 0.272 e. The molecule has 0 aliphatic carbocycles. The molecule has 0 radical (unpaired) electrons. The van der Waals surface area contributed by atoms with E-state index in [2.05, 4.69) is 26.2 Å². The van der Waals surface area contributed by atoms with Gasteiger partial charge in [0, 0.05) is 76.0 Å². The molecule has 1 saturated heterocycles. The Kier molecular flexibility index (Phi) is 10.1. The van der Waals surface area contributed by atoms with Gasteiger partial charge in [0.1, 0.15) is 22.0 Å². The van der Waals surface area contributed by atoms with Gasteiger partial charge in [-0.3, -0.25) is 24.1 Å². The van der Waals surface area contributed by atoms with Crippen molar-refractivity contribution in [1.29, 1.82) is 0 Å². The Morgan fingerprint density at radius 1 is 0.740 bits per heavy atom. The van der Waals surface area contributed by atoms with E-state index < -0.39 is 29.4 Å². The Morgan fingerprint density at radius 2 is 1.22 bits per heavy atom. The first-order valence-electron chi connectivity index (χ1n) is 15.5. The van der Waals surface area contributed by atoms with E-state index in [1.807, 2.05) is 0 Å². The first-order valence-corrected chi connectivity index (χ1v) is 16.7. The van der Waals surface area contributed by atoms with Gasteiger partial charge in [0.25, 0.3) is 23.6 Å². The third-order valence-electron chi connectivity index (χ3n) is 8.18. The molecule has 4 aromatic heterocycles. The summed E-state index contributed by atoms with van der Waals surface area (Å²) in [5, 5.41) is 11.3. The van der Waals surface area contributed by atoms with Crippen LogP contribution in [0.3, 0.4) is 0 Å². The van der Waals surface area contributed by atoms with Crippen LogP contribution in [-0.2, 0) is 25.9 Å². The second-order valence-corrected chi connectivity index (χ2v) is 13.2. The van der Waals surface area contributed by atoms with Crippen LogP contribution in [-0.4, -0.2) is 81.6 Å². The van der Waals surface area contributed by atoms with Crippen LogP contribution in [0.4, 0.5) is 25.8 Å². The van der Waals surface area contributed by atoms with Crippen LogP contribution in [0.2, 0.25) is 5.02 Å². The number of nitrogens with one attached hydrogen (secondary N) is 4. The quantitative estimate of drug-likeness (QED) is 0.165. The fourth-order valence-electron chi connectivity index (χ4n) is 5.60. The zero-order chi connectivity index (χ0) is 35.7. The molecule has 0 bridgehead atoms. The summed E-state index contributed by atoms with van der Waals surface area (Å²) in [7, 11) is 4.98. The minimum Gasteiger partial charge on any atom is -0.379 e. The maximum atomic E-state index is 13.7. The molecule has 5 aromatic rings. The third-order valence-corrected chi connectivity index (χ3v) is 9.84. The van der Waals surface area contributed by atoms with Gasteiger partial charge in [-0.05, 0) is 30.3 Å². The summed E-state index contributed by atoms with van der Waals surface area (Å²) in [6.07, 6.45) is 4.74. The summed E-state index contributed by atoms with van der Waals surface area (Å²) in [6, 6.07) is 6.48. The lowest BCUT2D eigenvalue weighted by Gasteiger charge is -2.26. The molecule has 5 heterocycles. The van der Waals surface area contributed by atoms with Gasteiger partial charge in [0.15, 0.2) is 11.6 Å². The van der Waals surface area contributed by atoms with Gasteiger partial charge >= 0.3 is 0 Å². The molecule has 0 saturated carbocycles. The summed E-state index contributed by atoms with van der Waals surface area (Å²) < 4.78 is 37.8. The number of thiophene rings is 1. The van der Waals surface area contributed by atoms with Crippen LogP contribution >= 0.6 is 22.9 Å². The smallest absolute Gasteiger partial charge is 0.272 e. The van der Waals surface area contributed by atoms with Crippen molar-refractivity contribution >= 4 is 73.7 Å². The predicted octanol–water partition coefficient (Wildman–Crippen LogP) is 4.67. The average Bonchev–Trinajstić information content (AvgIpc) is 3.82. The Balaban J connectivity index is 1.06. The van der Waals surface area contributed by atoms with Crippen molar-refractivity contribution in [3.63, 3.8) is 0 Å². The highest BCUT2D eigenvalue weighted by atomic mass is 35.5. The number of amides is 4. The number of hydrogen-bond donors (Lipinski definition) is 4. The van der Waals surface area contributed by atoms with Gasteiger partial charge in [-0.1, -0.05) is 11.6 Å². The predicted molar refractivity (Wildman–Crippen MR) is 186 cm³/mol. The molecule has 0 atom stereocenters. The van der Waals surface area contributed by atoms with Crippen LogP contribution < -0.4 is 21.3 Å². The zero-order valence-electron chi connectivity index (χ0n) is 27.2. The number of ether oxygens (including phenoxy) is 1. The van der Waals surface area contributed by atoms with E-state index in [1.54, 1.807) is 48.7 Å². The minimum absolute atomic E-state index is 0.00692. The summed E-state index contributed by atoms with van der Waals surface area (Å²) in [4.78, 5) is 54.4. The van der Waals surface area contributed by atoms with E-state index >= 15 is 0 Å². The normalized spacial score (nSPS) is 13.4. The minimum atomic E-state index is -1.07. The fraction of sp³-hybridized carbons (Fsp3) is 0.273. The number of fused-ring (bicyclic) bond motifs is 1. The Bertz CT molecular complexity index is 2130. The van der Waals surface area contributed by atoms with Crippen molar-refractivity contribution in [3.8, 4) is 0 Å².